The van der Waals surface area contributed by atoms with Crippen LogP contribution in [0, 0.1) is 23.7 Å². The highest BCUT2D eigenvalue weighted by Gasteiger charge is 2.62. The molecule has 3 aliphatic carbocycles. The number of nitrogens with zero attached hydrogens (tertiary/aromatic N) is 1. The molecule has 0 spiro atoms. The van der Waals surface area contributed by atoms with E-state index in [1.807, 2.05) is 0 Å². The molecule has 0 N–H and O–H groups in total. The van der Waals surface area contributed by atoms with Gasteiger partial charge in [-0.25, -0.2) is 4.90 Å². The molecule has 2 bridgehead atoms. The monoisotopic (exact) mass is 339 g/mol. The molecule has 122 valence electrons. The Morgan fingerprint density at radius 3 is 2.17 bits per heavy atom. The largest absolute Gasteiger partial charge is 0.274 e. The van der Waals surface area contributed by atoms with E-state index in [0.29, 0.717) is 10.7 Å². The Morgan fingerprint density at radius 2 is 1.58 bits per heavy atom. The van der Waals surface area contributed by atoms with Crippen LogP contribution in [0.5, 0.6) is 0 Å². The summed E-state index contributed by atoms with van der Waals surface area (Å²) < 4.78 is 0. The molecular weight excluding hydrogens is 322 g/mol. The van der Waals surface area contributed by atoms with E-state index in [1.165, 1.54) is 28.9 Å². The van der Waals surface area contributed by atoms with Crippen molar-refractivity contribution in [1.29, 1.82) is 0 Å². The van der Waals surface area contributed by atoms with Gasteiger partial charge in [-0.05, 0) is 43.9 Å². The first kappa shape index (κ1) is 14.5. The van der Waals surface area contributed by atoms with Crippen LogP contribution in [0.4, 0.5) is 5.69 Å². The smallest absolute Gasteiger partial charge is 0.238 e. The van der Waals surface area contributed by atoms with Gasteiger partial charge in [-0.1, -0.05) is 41.0 Å². The van der Waals surface area contributed by atoms with Crippen LogP contribution in [0.2, 0.25) is 5.02 Å². The lowest BCUT2D eigenvalue weighted by Crippen LogP contribution is -2.33. The Hall–Kier alpha value is -1.87. The van der Waals surface area contributed by atoms with Crippen LogP contribution >= 0.6 is 11.6 Å². The molecule has 4 aliphatic rings. The molecule has 1 aliphatic heterocycles. The van der Waals surface area contributed by atoms with Crippen molar-refractivity contribution in [2.45, 2.75) is 25.7 Å². The molecule has 1 aromatic rings. The molecule has 1 saturated heterocycles. The van der Waals surface area contributed by atoms with Crippen LogP contribution in [-0.2, 0) is 9.59 Å². The number of fused-ring (bicyclic) bond motifs is 5. The van der Waals surface area contributed by atoms with Crippen LogP contribution < -0.4 is 4.90 Å². The summed E-state index contributed by atoms with van der Waals surface area (Å²) in [4.78, 5) is 27.5. The van der Waals surface area contributed by atoms with Crippen molar-refractivity contribution >= 4 is 29.1 Å². The normalized spacial score (nSPS) is 34.0. The van der Waals surface area contributed by atoms with Crippen molar-refractivity contribution in [3.63, 3.8) is 0 Å². The Balaban J connectivity index is 1.56. The van der Waals surface area contributed by atoms with Gasteiger partial charge < -0.3 is 0 Å². The summed E-state index contributed by atoms with van der Waals surface area (Å²) >= 11 is 6.05. The number of hydrogen-bond donors (Lipinski definition) is 0. The average molecular weight is 340 g/mol. The summed E-state index contributed by atoms with van der Waals surface area (Å²) in [5.41, 5.74) is 3.51. The fraction of sp³-hybridized carbons (Fsp3) is 0.400. The SMILES string of the molecule is O=C1C2C3C=CC(C3=C3CCCC3)C2C(=O)N1c1cccc(Cl)c1. The minimum atomic E-state index is -0.213. The number of benzene rings is 1. The maximum absolute atomic E-state index is 13.1. The molecule has 2 saturated carbocycles. The Bertz CT molecular complexity index is 783. The highest BCUT2D eigenvalue weighted by Crippen LogP contribution is 2.58. The fourth-order valence-corrected chi connectivity index (χ4v) is 5.38. The van der Waals surface area contributed by atoms with Crippen molar-refractivity contribution in [1.82, 2.24) is 0 Å². The quantitative estimate of drug-likeness (QED) is 0.570. The fourth-order valence-electron chi connectivity index (χ4n) is 5.19. The molecule has 3 nitrogen and oxygen atoms in total. The molecule has 1 heterocycles. The molecule has 3 fully saturated rings. The van der Waals surface area contributed by atoms with E-state index in [2.05, 4.69) is 12.2 Å². The first-order valence-electron chi connectivity index (χ1n) is 8.70. The number of hydrogen-bond acceptors (Lipinski definition) is 2. The molecule has 4 atom stereocenters. The minimum Gasteiger partial charge on any atom is -0.274 e. The van der Waals surface area contributed by atoms with Gasteiger partial charge in [-0.15, -0.1) is 0 Å². The summed E-state index contributed by atoms with van der Waals surface area (Å²) in [6.45, 7) is 0. The summed E-state index contributed by atoms with van der Waals surface area (Å²) in [6.07, 6.45) is 9.10. The van der Waals surface area contributed by atoms with Crippen LogP contribution in [0.15, 0.2) is 47.6 Å². The molecule has 24 heavy (non-hydrogen) atoms. The zero-order valence-electron chi connectivity index (χ0n) is 13.2. The average Bonchev–Trinajstić information content (AvgIpc) is 3.30. The first-order valence-corrected chi connectivity index (χ1v) is 9.08. The van der Waals surface area contributed by atoms with Gasteiger partial charge in [0.2, 0.25) is 11.8 Å². The number of anilines is 1. The van der Waals surface area contributed by atoms with E-state index < -0.39 is 0 Å². The molecule has 0 radical (unpaired) electrons. The van der Waals surface area contributed by atoms with Gasteiger partial charge in [0.25, 0.3) is 0 Å². The Kier molecular flexibility index (Phi) is 3.05. The zero-order chi connectivity index (χ0) is 16.4. The van der Waals surface area contributed by atoms with E-state index in [0.717, 1.165) is 12.8 Å². The van der Waals surface area contributed by atoms with Gasteiger partial charge in [0.15, 0.2) is 0 Å². The Labute approximate surface area is 146 Å². The lowest BCUT2D eigenvalue weighted by Gasteiger charge is -2.20. The number of carbonyl (C=O) groups excluding carboxylic acids is 2. The standard InChI is InChI=1S/C20H18ClNO2/c21-12-6-3-7-13(10-12)22-19(23)17-14-8-9-15(18(17)20(22)24)16(14)11-4-1-2-5-11/h3,6-10,14-15,17-18H,1-2,4-5H2. The second kappa shape index (κ2) is 5.06. The Morgan fingerprint density at radius 1 is 0.958 bits per heavy atom. The lowest BCUT2D eigenvalue weighted by molar-refractivity contribution is -0.122. The predicted octanol–water partition coefficient (Wildman–Crippen LogP) is 4.13. The second-order valence-electron chi connectivity index (χ2n) is 7.25. The van der Waals surface area contributed by atoms with E-state index in [1.54, 1.807) is 24.3 Å². The topological polar surface area (TPSA) is 37.4 Å². The van der Waals surface area contributed by atoms with Crippen molar-refractivity contribution in [3.8, 4) is 0 Å². The first-order chi connectivity index (χ1) is 11.7. The van der Waals surface area contributed by atoms with Crippen LogP contribution in [0.1, 0.15) is 25.7 Å². The number of carbonyl (C=O) groups is 2. The van der Waals surface area contributed by atoms with Gasteiger partial charge in [0, 0.05) is 16.9 Å². The molecule has 0 aromatic heterocycles. The van der Waals surface area contributed by atoms with Crippen molar-refractivity contribution < 1.29 is 9.59 Å². The van der Waals surface area contributed by atoms with Crippen LogP contribution in [-0.4, -0.2) is 11.8 Å². The molecule has 4 unspecified atom stereocenters. The van der Waals surface area contributed by atoms with E-state index in [9.17, 15) is 9.59 Å². The van der Waals surface area contributed by atoms with E-state index >= 15 is 0 Å². The van der Waals surface area contributed by atoms with Gasteiger partial charge in [-0.2, -0.15) is 0 Å². The third-order valence-electron chi connectivity index (χ3n) is 6.10. The number of halogens is 1. The van der Waals surface area contributed by atoms with Gasteiger partial charge in [0.1, 0.15) is 0 Å². The third kappa shape index (κ3) is 1.79. The molecule has 1 aromatic carbocycles. The highest BCUT2D eigenvalue weighted by molar-refractivity contribution is 6.31. The lowest BCUT2D eigenvalue weighted by atomic mass is 9.85. The highest BCUT2D eigenvalue weighted by atomic mass is 35.5. The number of amides is 2. The van der Waals surface area contributed by atoms with Crippen molar-refractivity contribution in [2.24, 2.45) is 23.7 Å². The van der Waals surface area contributed by atoms with E-state index in [-0.39, 0.29) is 35.5 Å². The van der Waals surface area contributed by atoms with E-state index in [4.69, 9.17) is 11.6 Å². The molecule has 2 amide bonds. The van der Waals surface area contributed by atoms with Gasteiger partial charge in [-0.3, -0.25) is 9.59 Å². The second-order valence-corrected chi connectivity index (χ2v) is 7.68. The summed E-state index contributed by atoms with van der Waals surface area (Å²) in [6, 6.07) is 7.02. The molecule has 5 rings (SSSR count). The van der Waals surface area contributed by atoms with Crippen molar-refractivity contribution in [3.05, 3.63) is 52.6 Å². The maximum atomic E-state index is 13.1. The molecule has 4 heteroatoms. The van der Waals surface area contributed by atoms with Gasteiger partial charge in [0.05, 0.1) is 17.5 Å². The van der Waals surface area contributed by atoms with Crippen LogP contribution in [0.3, 0.4) is 0 Å². The van der Waals surface area contributed by atoms with Crippen LogP contribution in [0.25, 0.3) is 0 Å². The number of imide groups is 1. The molecular formula is C20H18ClNO2. The summed E-state index contributed by atoms with van der Waals surface area (Å²) in [5.74, 6) is -0.271. The summed E-state index contributed by atoms with van der Waals surface area (Å²) in [5, 5.41) is 0.542. The van der Waals surface area contributed by atoms with Gasteiger partial charge >= 0.3 is 0 Å². The predicted molar refractivity (Wildman–Crippen MR) is 92.5 cm³/mol. The zero-order valence-corrected chi connectivity index (χ0v) is 14.0. The number of rotatable bonds is 1. The maximum Gasteiger partial charge on any atom is 0.238 e. The third-order valence-corrected chi connectivity index (χ3v) is 6.33. The number of allylic oxidation sites excluding steroid dienone is 4. The van der Waals surface area contributed by atoms with Crippen molar-refractivity contribution in [2.75, 3.05) is 4.90 Å². The minimum absolute atomic E-state index is 0.0554. The summed E-state index contributed by atoms with van der Waals surface area (Å²) in [7, 11) is 0.